The zero-order valence-electron chi connectivity index (χ0n) is 10.2. The first kappa shape index (κ1) is 13.2. The third-order valence-corrected chi connectivity index (χ3v) is 2.10. The van der Waals surface area contributed by atoms with Crippen molar-refractivity contribution in [1.29, 1.82) is 0 Å². The van der Waals surface area contributed by atoms with Crippen LogP contribution in [0.5, 0.6) is 5.75 Å². The molecule has 1 rings (SSSR count). The summed E-state index contributed by atoms with van der Waals surface area (Å²) < 4.78 is 5.48. The van der Waals surface area contributed by atoms with Crippen molar-refractivity contribution in [1.82, 2.24) is 0 Å². The Balaban J connectivity index is 2.42. The zero-order chi connectivity index (χ0) is 12.7. The second-order valence-corrected chi connectivity index (χ2v) is 3.86. The van der Waals surface area contributed by atoms with Crippen molar-refractivity contribution in [3.8, 4) is 5.75 Å². The highest BCUT2D eigenvalue weighted by Gasteiger charge is 1.99. The molecule has 92 valence electrons. The van der Waals surface area contributed by atoms with Crippen LogP contribution in [-0.2, 0) is 9.59 Å². The van der Waals surface area contributed by atoms with E-state index in [1.54, 1.807) is 19.1 Å². The summed E-state index contributed by atoms with van der Waals surface area (Å²) in [6.45, 7) is 3.53. The van der Waals surface area contributed by atoms with Crippen molar-refractivity contribution in [3.05, 3.63) is 24.3 Å². The summed E-state index contributed by atoms with van der Waals surface area (Å²) in [7, 11) is 0. The highest BCUT2D eigenvalue weighted by Crippen LogP contribution is 2.17. The summed E-state index contributed by atoms with van der Waals surface area (Å²) in [5, 5.41) is 2.68. The van der Waals surface area contributed by atoms with Gasteiger partial charge in [0.05, 0.1) is 6.61 Å². The minimum Gasteiger partial charge on any atom is -0.494 e. The maximum Gasteiger partial charge on any atom is 0.221 e. The van der Waals surface area contributed by atoms with Crippen LogP contribution in [0.1, 0.15) is 26.7 Å². The van der Waals surface area contributed by atoms with Crippen LogP contribution in [0.3, 0.4) is 0 Å². The molecule has 0 aromatic heterocycles. The molecule has 1 aromatic carbocycles. The molecule has 1 amide bonds. The molecular weight excluding hydrogens is 218 g/mol. The van der Waals surface area contributed by atoms with Crippen molar-refractivity contribution >= 4 is 17.4 Å². The molecule has 0 heterocycles. The van der Waals surface area contributed by atoms with Crippen LogP contribution >= 0.6 is 0 Å². The number of anilines is 1. The Morgan fingerprint density at radius 1 is 1.29 bits per heavy atom. The maximum absolute atomic E-state index is 10.9. The lowest BCUT2D eigenvalue weighted by molar-refractivity contribution is -0.117. The quantitative estimate of drug-likeness (QED) is 0.770. The fraction of sp³-hybridized carbons (Fsp3) is 0.385. The first-order chi connectivity index (χ1) is 8.08. The van der Waals surface area contributed by atoms with Gasteiger partial charge in [-0.1, -0.05) is 6.07 Å². The largest absolute Gasteiger partial charge is 0.494 e. The van der Waals surface area contributed by atoms with E-state index in [1.165, 1.54) is 6.92 Å². The minimum atomic E-state index is -0.112. The lowest BCUT2D eigenvalue weighted by Gasteiger charge is -2.07. The third kappa shape index (κ3) is 5.70. The molecule has 0 aliphatic heterocycles. The van der Waals surface area contributed by atoms with E-state index in [9.17, 15) is 9.59 Å². The topological polar surface area (TPSA) is 55.4 Å². The summed E-state index contributed by atoms with van der Waals surface area (Å²) >= 11 is 0. The third-order valence-electron chi connectivity index (χ3n) is 2.10. The van der Waals surface area contributed by atoms with Gasteiger partial charge in [0.2, 0.25) is 5.91 Å². The van der Waals surface area contributed by atoms with Crippen molar-refractivity contribution in [2.24, 2.45) is 0 Å². The van der Waals surface area contributed by atoms with Crippen LogP contribution in [-0.4, -0.2) is 18.3 Å². The highest BCUT2D eigenvalue weighted by molar-refractivity contribution is 5.88. The number of hydrogen-bond donors (Lipinski definition) is 1. The minimum absolute atomic E-state index is 0.112. The lowest BCUT2D eigenvalue weighted by atomic mass is 10.2. The predicted molar refractivity (Wildman–Crippen MR) is 66.2 cm³/mol. The Kier molecular flexibility index (Phi) is 5.20. The van der Waals surface area contributed by atoms with Crippen LogP contribution in [0.2, 0.25) is 0 Å². The maximum atomic E-state index is 10.9. The summed E-state index contributed by atoms with van der Waals surface area (Å²) in [4.78, 5) is 21.6. The second kappa shape index (κ2) is 6.68. The SMILES string of the molecule is CC(=O)CCCOc1cccc(NC(C)=O)c1. The van der Waals surface area contributed by atoms with Gasteiger partial charge in [0.1, 0.15) is 11.5 Å². The van der Waals surface area contributed by atoms with E-state index in [0.717, 1.165) is 0 Å². The molecule has 0 unspecified atom stereocenters. The average molecular weight is 235 g/mol. The Morgan fingerprint density at radius 2 is 2.06 bits per heavy atom. The number of ketones is 1. The van der Waals surface area contributed by atoms with Gasteiger partial charge in [0.15, 0.2) is 0 Å². The van der Waals surface area contributed by atoms with Crippen LogP contribution in [0.4, 0.5) is 5.69 Å². The molecule has 0 aliphatic carbocycles. The zero-order valence-corrected chi connectivity index (χ0v) is 10.2. The first-order valence-corrected chi connectivity index (χ1v) is 5.58. The van der Waals surface area contributed by atoms with Gasteiger partial charge in [-0.05, 0) is 25.5 Å². The van der Waals surface area contributed by atoms with Crippen molar-refractivity contribution < 1.29 is 14.3 Å². The van der Waals surface area contributed by atoms with E-state index in [0.29, 0.717) is 30.9 Å². The number of benzene rings is 1. The van der Waals surface area contributed by atoms with Gasteiger partial charge in [-0.2, -0.15) is 0 Å². The van der Waals surface area contributed by atoms with Gasteiger partial charge in [-0.25, -0.2) is 0 Å². The lowest BCUT2D eigenvalue weighted by Crippen LogP contribution is -2.06. The van der Waals surface area contributed by atoms with Crippen molar-refractivity contribution in [3.63, 3.8) is 0 Å². The summed E-state index contributed by atoms with van der Waals surface area (Å²) in [6.07, 6.45) is 1.24. The van der Waals surface area contributed by atoms with E-state index >= 15 is 0 Å². The molecule has 0 radical (unpaired) electrons. The van der Waals surface area contributed by atoms with Gasteiger partial charge in [0.25, 0.3) is 0 Å². The Labute approximate surface area is 101 Å². The van der Waals surface area contributed by atoms with Crippen LogP contribution in [0, 0.1) is 0 Å². The van der Waals surface area contributed by atoms with E-state index in [2.05, 4.69) is 5.32 Å². The molecule has 0 saturated heterocycles. The molecule has 4 heteroatoms. The number of rotatable bonds is 6. The molecule has 1 N–H and O–H groups in total. The average Bonchev–Trinajstić information content (AvgIpc) is 2.24. The summed E-state index contributed by atoms with van der Waals surface area (Å²) in [5.74, 6) is 0.749. The van der Waals surface area contributed by atoms with Gasteiger partial charge in [0, 0.05) is 25.1 Å². The van der Waals surface area contributed by atoms with E-state index < -0.39 is 0 Å². The molecule has 0 saturated carbocycles. The van der Waals surface area contributed by atoms with Gasteiger partial charge in [-0.15, -0.1) is 0 Å². The number of ether oxygens (including phenoxy) is 1. The molecule has 1 aromatic rings. The van der Waals surface area contributed by atoms with Gasteiger partial charge in [-0.3, -0.25) is 4.79 Å². The van der Waals surface area contributed by atoms with Crippen molar-refractivity contribution in [2.45, 2.75) is 26.7 Å². The van der Waals surface area contributed by atoms with Crippen LogP contribution in [0.15, 0.2) is 24.3 Å². The number of carbonyl (C=O) groups excluding carboxylic acids is 2. The number of Topliss-reactive ketones (excluding diaryl/α,β-unsaturated/α-hetero) is 1. The normalized spacial score (nSPS) is 9.76. The number of nitrogens with one attached hydrogen (secondary N) is 1. The molecular formula is C13H17NO3. The first-order valence-electron chi connectivity index (χ1n) is 5.58. The van der Waals surface area contributed by atoms with E-state index in [-0.39, 0.29) is 11.7 Å². The van der Waals surface area contributed by atoms with Gasteiger partial charge >= 0.3 is 0 Å². The predicted octanol–water partition coefficient (Wildman–Crippen LogP) is 2.39. The van der Waals surface area contributed by atoms with Gasteiger partial charge < -0.3 is 14.8 Å². The van der Waals surface area contributed by atoms with Crippen molar-refractivity contribution in [2.75, 3.05) is 11.9 Å². The second-order valence-electron chi connectivity index (χ2n) is 3.86. The highest BCUT2D eigenvalue weighted by atomic mass is 16.5. The molecule has 0 atom stereocenters. The summed E-state index contributed by atoms with van der Waals surface area (Å²) in [6, 6.07) is 7.18. The fourth-order valence-corrected chi connectivity index (χ4v) is 1.38. The number of carbonyl (C=O) groups is 2. The van der Waals surface area contributed by atoms with E-state index in [4.69, 9.17) is 4.74 Å². The van der Waals surface area contributed by atoms with Crippen LogP contribution in [0.25, 0.3) is 0 Å². The summed E-state index contributed by atoms with van der Waals surface area (Å²) in [5.41, 5.74) is 0.710. The molecule has 4 nitrogen and oxygen atoms in total. The molecule has 0 fully saturated rings. The number of hydrogen-bond acceptors (Lipinski definition) is 3. The Morgan fingerprint density at radius 3 is 2.71 bits per heavy atom. The Hall–Kier alpha value is -1.84. The Bertz CT molecular complexity index is 401. The number of amides is 1. The molecule has 0 spiro atoms. The standard InChI is InChI=1S/C13H17NO3/c1-10(15)5-4-8-17-13-7-3-6-12(9-13)14-11(2)16/h3,6-7,9H,4-5,8H2,1-2H3,(H,14,16). The molecule has 0 aliphatic rings. The molecule has 0 bridgehead atoms. The van der Waals surface area contributed by atoms with E-state index in [1.807, 2.05) is 12.1 Å². The molecule has 17 heavy (non-hydrogen) atoms. The van der Waals surface area contributed by atoms with Crippen LogP contribution < -0.4 is 10.1 Å². The fourth-order valence-electron chi connectivity index (χ4n) is 1.38. The smallest absolute Gasteiger partial charge is 0.221 e. The monoisotopic (exact) mass is 235 g/mol.